The van der Waals surface area contributed by atoms with Crippen molar-refractivity contribution < 1.29 is 24.5 Å². The Morgan fingerprint density at radius 3 is 2.38 bits per heavy atom. The lowest BCUT2D eigenvalue weighted by molar-refractivity contribution is -0.144. The van der Waals surface area contributed by atoms with Gasteiger partial charge in [0.1, 0.15) is 0 Å². The number of aliphatic hydroxyl groups excluding tert-OH is 1. The molecule has 5 heteroatoms. The highest BCUT2D eigenvalue weighted by atomic mass is 16.5. The number of carboxylic acids is 1. The maximum Gasteiger partial charge on any atom is 0.305 e. The Morgan fingerprint density at radius 2 is 1.81 bits per heavy atom. The van der Waals surface area contributed by atoms with Gasteiger partial charge in [-0.1, -0.05) is 6.42 Å². The lowest BCUT2D eigenvalue weighted by Crippen LogP contribution is -2.10. The zero-order chi connectivity index (χ0) is 12.4. The molecule has 0 aromatic rings. The van der Waals surface area contributed by atoms with Crippen LogP contribution >= 0.6 is 0 Å². The van der Waals surface area contributed by atoms with Gasteiger partial charge in [0.25, 0.3) is 0 Å². The molecule has 0 rings (SSSR count). The van der Waals surface area contributed by atoms with Crippen LogP contribution in [-0.2, 0) is 14.3 Å². The molecule has 0 saturated carbocycles. The first-order valence-electron chi connectivity index (χ1n) is 5.58. The zero-order valence-electron chi connectivity index (χ0n) is 9.65. The molecule has 94 valence electrons. The van der Waals surface area contributed by atoms with Crippen LogP contribution in [0.5, 0.6) is 0 Å². The maximum atomic E-state index is 11.1. The average Bonchev–Trinajstić information content (AvgIpc) is 2.16. The number of esters is 1. The first-order chi connectivity index (χ1) is 7.52. The second-order valence-electron chi connectivity index (χ2n) is 3.81. The Balaban J connectivity index is 3.27. The number of hydrogen-bond acceptors (Lipinski definition) is 4. The van der Waals surface area contributed by atoms with Crippen LogP contribution in [0, 0.1) is 0 Å². The maximum absolute atomic E-state index is 11.1. The third-order valence-corrected chi connectivity index (χ3v) is 2.07. The Bertz CT molecular complexity index is 212. The first-order valence-corrected chi connectivity index (χ1v) is 5.58. The minimum atomic E-state index is -0.806. The van der Waals surface area contributed by atoms with Crippen molar-refractivity contribution in [2.24, 2.45) is 0 Å². The van der Waals surface area contributed by atoms with Gasteiger partial charge in [-0.2, -0.15) is 0 Å². The van der Waals surface area contributed by atoms with Crippen molar-refractivity contribution in [3.8, 4) is 0 Å². The van der Waals surface area contributed by atoms with E-state index in [-0.39, 0.29) is 19.0 Å². The van der Waals surface area contributed by atoms with Crippen LogP contribution in [0.15, 0.2) is 0 Å². The van der Waals surface area contributed by atoms with E-state index < -0.39 is 12.1 Å². The molecule has 0 aromatic heterocycles. The molecule has 5 nitrogen and oxygen atoms in total. The quantitative estimate of drug-likeness (QED) is 0.463. The Labute approximate surface area is 95.4 Å². The van der Waals surface area contributed by atoms with E-state index in [4.69, 9.17) is 14.9 Å². The van der Waals surface area contributed by atoms with E-state index in [0.29, 0.717) is 25.7 Å². The van der Waals surface area contributed by atoms with Crippen molar-refractivity contribution in [3.05, 3.63) is 0 Å². The van der Waals surface area contributed by atoms with E-state index in [9.17, 15) is 9.59 Å². The average molecular weight is 232 g/mol. The molecule has 0 aromatic carbocycles. The largest absolute Gasteiger partial charge is 0.481 e. The molecule has 0 saturated heterocycles. The van der Waals surface area contributed by atoms with Crippen LogP contribution in [0.2, 0.25) is 0 Å². The molecular weight excluding hydrogens is 212 g/mol. The fourth-order valence-electron chi connectivity index (χ4n) is 1.14. The summed E-state index contributed by atoms with van der Waals surface area (Å²) in [5.74, 6) is -1.09. The summed E-state index contributed by atoms with van der Waals surface area (Å²) in [5, 5.41) is 17.3. The summed E-state index contributed by atoms with van der Waals surface area (Å²) in [6.07, 6.45) is 2.43. The van der Waals surface area contributed by atoms with E-state index >= 15 is 0 Å². The molecular formula is C11H20O5. The summed E-state index contributed by atoms with van der Waals surface area (Å²) in [6, 6.07) is 0. The van der Waals surface area contributed by atoms with Crippen molar-refractivity contribution in [2.75, 3.05) is 6.61 Å². The highest BCUT2D eigenvalue weighted by Crippen LogP contribution is 2.04. The minimum Gasteiger partial charge on any atom is -0.481 e. The molecule has 2 N–H and O–H groups in total. The number of aliphatic carboxylic acids is 1. The van der Waals surface area contributed by atoms with E-state index in [1.165, 1.54) is 0 Å². The Kier molecular flexibility index (Phi) is 8.52. The second-order valence-corrected chi connectivity index (χ2v) is 3.81. The van der Waals surface area contributed by atoms with Crippen LogP contribution in [-0.4, -0.2) is 34.9 Å². The molecule has 0 fully saturated rings. The highest BCUT2D eigenvalue weighted by molar-refractivity contribution is 5.69. The number of carbonyl (C=O) groups is 2. The van der Waals surface area contributed by atoms with Crippen LogP contribution in [0.25, 0.3) is 0 Å². The second kappa shape index (κ2) is 9.15. The van der Waals surface area contributed by atoms with Crippen molar-refractivity contribution in [3.63, 3.8) is 0 Å². The molecule has 0 heterocycles. The van der Waals surface area contributed by atoms with E-state index in [1.54, 1.807) is 6.92 Å². The lowest BCUT2D eigenvalue weighted by Gasteiger charge is -2.05. The predicted molar refractivity (Wildman–Crippen MR) is 58.0 cm³/mol. The SMILES string of the molecule is CC(O)CCOC(=O)CCCCCC(=O)O. The van der Waals surface area contributed by atoms with Crippen molar-refractivity contribution >= 4 is 11.9 Å². The number of unbranched alkanes of at least 4 members (excludes halogenated alkanes) is 2. The molecule has 0 aliphatic heterocycles. The topological polar surface area (TPSA) is 83.8 Å². The lowest BCUT2D eigenvalue weighted by atomic mass is 10.1. The molecule has 1 unspecified atom stereocenters. The van der Waals surface area contributed by atoms with Gasteiger partial charge >= 0.3 is 11.9 Å². The van der Waals surface area contributed by atoms with Gasteiger partial charge in [0.15, 0.2) is 0 Å². The normalized spacial score (nSPS) is 12.1. The third kappa shape index (κ3) is 11.0. The molecule has 0 radical (unpaired) electrons. The van der Waals surface area contributed by atoms with Crippen LogP contribution < -0.4 is 0 Å². The smallest absolute Gasteiger partial charge is 0.305 e. The highest BCUT2D eigenvalue weighted by Gasteiger charge is 2.04. The molecule has 0 spiro atoms. The molecule has 0 bridgehead atoms. The fraction of sp³-hybridized carbons (Fsp3) is 0.818. The number of ether oxygens (including phenoxy) is 1. The summed E-state index contributed by atoms with van der Waals surface area (Å²) >= 11 is 0. The van der Waals surface area contributed by atoms with Gasteiger partial charge in [0.05, 0.1) is 12.7 Å². The number of hydrogen-bond donors (Lipinski definition) is 2. The van der Waals surface area contributed by atoms with Gasteiger partial charge in [0.2, 0.25) is 0 Å². The predicted octanol–water partition coefficient (Wildman–Crippen LogP) is 1.34. The molecule has 1 atom stereocenters. The number of aliphatic hydroxyl groups is 1. The van der Waals surface area contributed by atoms with E-state index in [0.717, 1.165) is 6.42 Å². The number of carboxylic acid groups (broad SMARTS) is 1. The van der Waals surface area contributed by atoms with Gasteiger partial charge in [0, 0.05) is 19.3 Å². The Hall–Kier alpha value is -1.10. The van der Waals surface area contributed by atoms with Gasteiger partial charge in [-0.3, -0.25) is 9.59 Å². The summed E-state index contributed by atoms with van der Waals surface area (Å²) in [7, 11) is 0. The van der Waals surface area contributed by atoms with Gasteiger partial charge < -0.3 is 14.9 Å². The van der Waals surface area contributed by atoms with Gasteiger partial charge in [-0.05, 0) is 19.8 Å². The summed E-state index contributed by atoms with van der Waals surface area (Å²) in [5.41, 5.74) is 0. The van der Waals surface area contributed by atoms with Gasteiger partial charge in [-0.25, -0.2) is 0 Å². The van der Waals surface area contributed by atoms with Crippen molar-refractivity contribution in [2.45, 2.75) is 51.6 Å². The molecule has 0 amide bonds. The minimum absolute atomic E-state index is 0.150. The summed E-state index contributed by atoms with van der Waals surface area (Å²) in [4.78, 5) is 21.3. The first kappa shape index (κ1) is 14.9. The zero-order valence-corrected chi connectivity index (χ0v) is 9.65. The monoisotopic (exact) mass is 232 g/mol. The number of carbonyl (C=O) groups excluding carboxylic acids is 1. The fourth-order valence-corrected chi connectivity index (χ4v) is 1.14. The molecule has 0 aliphatic rings. The van der Waals surface area contributed by atoms with E-state index in [2.05, 4.69) is 0 Å². The molecule has 0 aliphatic carbocycles. The Morgan fingerprint density at radius 1 is 1.19 bits per heavy atom. The van der Waals surface area contributed by atoms with E-state index in [1.807, 2.05) is 0 Å². The van der Waals surface area contributed by atoms with Crippen LogP contribution in [0.3, 0.4) is 0 Å². The van der Waals surface area contributed by atoms with Crippen molar-refractivity contribution in [1.82, 2.24) is 0 Å². The molecule has 16 heavy (non-hydrogen) atoms. The standard InChI is InChI=1S/C11H20O5/c1-9(12)7-8-16-11(15)6-4-2-3-5-10(13)14/h9,12H,2-8H2,1H3,(H,13,14). The summed E-state index contributed by atoms with van der Waals surface area (Å²) in [6.45, 7) is 1.88. The summed E-state index contributed by atoms with van der Waals surface area (Å²) < 4.78 is 4.87. The van der Waals surface area contributed by atoms with Crippen LogP contribution in [0.4, 0.5) is 0 Å². The van der Waals surface area contributed by atoms with Crippen molar-refractivity contribution in [1.29, 1.82) is 0 Å². The number of rotatable bonds is 9. The third-order valence-electron chi connectivity index (χ3n) is 2.07. The van der Waals surface area contributed by atoms with Crippen LogP contribution in [0.1, 0.15) is 45.4 Å². The van der Waals surface area contributed by atoms with Gasteiger partial charge in [-0.15, -0.1) is 0 Å².